The Morgan fingerprint density at radius 3 is 1.23 bits per heavy atom. The van der Waals surface area contributed by atoms with Crippen molar-refractivity contribution in [2.75, 3.05) is 26.2 Å². The van der Waals surface area contributed by atoms with Crippen molar-refractivity contribution >= 4 is 17.0 Å². The zero-order chi connectivity index (χ0) is 16.1. The molecule has 2 unspecified atom stereocenters. The Hall–Kier alpha value is 3.47. The maximum absolute atomic E-state index is 11.4. The number of nitrogens with one attached hydrogen (secondary N) is 2. The smallest absolute Gasteiger partial charge is 0.847 e. The minimum atomic E-state index is -2.30. The Morgan fingerprint density at radius 1 is 0.773 bits per heavy atom. The predicted molar refractivity (Wildman–Crippen MR) is 87.5 cm³/mol. The van der Waals surface area contributed by atoms with Gasteiger partial charge in [-0.05, 0) is 0 Å². The Morgan fingerprint density at radius 2 is 1.05 bits per heavy atom. The van der Waals surface area contributed by atoms with Crippen molar-refractivity contribution in [2.45, 2.75) is 51.9 Å². The van der Waals surface area contributed by atoms with Crippen molar-refractivity contribution in [1.29, 1.82) is 0 Å². The number of nitrogens with two attached hydrogens (primary N) is 2. The van der Waals surface area contributed by atoms with E-state index in [1.165, 1.54) is 0 Å². The summed E-state index contributed by atoms with van der Waals surface area (Å²) >= 11 is 0. The van der Waals surface area contributed by atoms with Crippen molar-refractivity contribution in [3.8, 4) is 0 Å². The summed E-state index contributed by atoms with van der Waals surface area (Å²) in [6, 6.07) is 1.60. The van der Waals surface area contributed by atoms with Gasteiger partial charge in [-0.2, -0.15) is 0 Å². The van der Waals surface area contributed by atoms with Crippen LogP contribution in [0.25, 0.3) is 0 Å². The summed E-state index contributed by atoms with van der Waals surface area (Å²) in [4.78, 5) is 28.8. The van der Waals surface area contributed by atoms with Gasteiger partial charge in [-0.25, -0.2) is 0 Å². The molecule has 0 aromatic rings. The quantitative estimate of drug-likeness (QED) is 0.270. The van der Waals surface area contributed by atoms with E-state index < -0.39 is 17.0 Å². The van der Waals surface area contributed by atoms with Gasteiger partial charge in [0.25, 0.3) is 0 Å². The molecule has 0 fully saturated rings. The third-order valence-electron chi connectivity index (χ3n) is 2.74. The van der Waals surface area contributed by atoms with Crippen molar-refractivity contribution in [2.24, 2.45) is 11.5 Å². The zero-order valence-electron chi connectivity index (χ0n) is 15.6. The van der Waals surface area contributed by atoms with E-state index in [-0.39, 0.29) is 103 Å². The molecule has 10 heteroatoms. The van der Waals surface area contributed by atoms with Gasteiger partial charge in [0.05, 0.1) is 0 Å². The molecule has 0 rings (SSSR count). The van der Waals surface area contributed by atoms with Gasteiger partial charge < -0.3 is 31.0 Å². The van der Waals surface area contributed by atoms with E-state index in [0.717, 1.165) is 24.9 Å². The van der Waals surface area contributed by atoms with Crippen LogP contribution in [0.3, 0.4) is 0 Å². The first kappa shape index (κ1) is 33.1. The minimum absolute atomic E-state index is 0. The molecule has 0 aromatic heterocycles. The molecule has 0 bridgehead atoms. The zero-order valence-corrected chi connectivity index (χ0v) is 23.9. The summed E-state index contributed by atoms with van der Waals surface area (Å²) in [5, 5.41) is 0. The second-order valence-electron chi connectivity index (χ2n) is 5.39. The van der Waals surface area contributed by atoms with Crippen LogP contribution in [0.1, 0.15) is 26.7 Å². The van der Waals surface area contributed by atoms with Crippen molar-refractivity contribution in [3.05, 3.63) is 0 Å². The van der Waals surface area contributed by atoms with Crippen LogP contribution < -0.4 is 134 Å². The number of rotatable bonds is 10. The van der Waals surface area contributed by atoms with Gasteiger partial charge in [-0.1, -0.05) is 51.9 Å². The molecule has 0 saturated carbocycles. The molecule has 22 heavy (non-hydrogen) atoms. The van der Waals surface area contributed by atoms with Crippen LogP contribution in [0.4, 0.5) is 0 Å². The third kappa shape index (κ3) is 25.7. The SMILES string of the molecule is CCC[Si](C)([O-])NCCN.CCC[Si](C)([O-])NCCN.[K+].[K+]. The molecule has 0 aliphatic carbocycles. The van der Waals surface area contributed by atoms with E-state index in [1.54, 1.807) is 13.1 Å². The fraction of sp³-hybridized carbons (Fsp3) is 1.00. The summed E-state index contributed by atoms with van der Waals surface area (Å²) in [6.45, 7) is 10.1. The molecule has 0 spiro atoms. The molecule has 0 aromatic carbocycles. The van der Waals surface area contributed by atoms with Crippen LogP contribution in [0.15, 0.2) is 0 Å². The summed E-state index contributed by atoms with van der Waals surface area (Å²) in [7, 11) is -4.61. The second-order valence-corrected chi connectivity index (χ2v) is 12.0. The van der Waals surface area contributed by atoms with Gasteiger partial charge in [0.1, 0.15) is 0 Å². The van der Waals surface area contributed by atoms with Gasteiger partial charge in [0.2, 0.25) is 0 Å². The minimum Gasteiger partial charge on any atom is -0.847 e. The van der Waals surface area contributed by atoms with E-state index >= 15 is 0 Å². The van der Waals surface area contributed by atoms with Crippen LogP contribution in [-0.4, -0.2) is 43.1 Å². The summed E-state index contributed by atoms with van der Waals surface area (Å²) in [5.41, 5.74) is 10.5. The van der Waals surface area contributed by atoms with Gasteiger partial charge >= 0.3 is 103 Å². The molecule has 2 atom stereocenters. The Labute approximate surface area is 224 Å². The summed E-state index contributed by atoms with van der Waals surface area (Å²) < 4.78 is 0. The molecule has 0 radical (unpaired) electrons. The Bertz CT molecular complexity index is 207. The largest absolute Gasteiger partial charge is 1.00 e. The standard InChI is InChI=1S/2C6H17N2OSi.2K/c2*1-3-6-10(2,9)8-5-4-7;;/h2*8H,3-7H2,1-2H3;;/q2*-1;2*+1. The number of hydrogen-bond donors (Lipinski definition) is 4. The maximum Gasteiger partial charge on any atom is 1.00 e. The van der Waals surface area contributed by atoms with Crippen LogP contribution in [0.5, 0.6) is 0 Å². The predicted octanol–water partition coefficient (Wildman–Crippen LogP) is -7.24. The fourth-order valence-electron chi connectivity index (χ4n) is 1.80. The number of hydrogen-bond acceptors (Lipinski definition) is 6. The average molecular weight is 401 g/mol. The molecule has 124 valence electrons. The van der Waals surface area contributed by atoms with E-state index in [0.29, 0.717) is 26.2 Å². The molecule has 0 amide bonds. The fourth-order valence-corrected chi connectivity index (χ4v) is 5.41. The van der Waals surface area contributed by atoms with Crippen LogP contribution in [0, 0.1) is 0 Å². The van der Waals surface area contributed by atoms with Crippen LogP contribution in [-0.2, 0) is 0 Å². The maximum atomic E-state index is 11.4. The Kier molecular flexibility index (Phi) is 31.2. The molecule has 0 aliphatic rings. The van der Waals surface area contributed by atoms with Gasteiger partial charge in [-0.15, -0.1) is 0 Å². The van der Waals surface area contributed by atoms with Gasteiger partial charge in [0, 0.05) is 43.1 Å². The molecular weight excluding hydrogens is 367 g/mol. The molecule has 0 heterocycles. The summed E-state index contributed by atoms with van der Waals surface area (Å²) in [5.74, 6) is 0. The van der Waals surface area contributed by atoms with Gasteiger partial charge in [0.15, 0.2) is 0 Å². The van der Waals surface area contributed by atoms with Gasteiger partial charge in [-0.3, -0.25) is 0 Å². The first-order chi connectivity index (χ1) is 9.24. The molecule has 0 saturated heterocycles. The molecule has 0 aliphatic heterocycles. The van der Waals surface area contributed by atoms with E-state index in [2.05, 4.69) is 9.96 Å². The summed E-state index contributed by atoms with van der Waals surface area (Å²) in [6.07, 6.45) is 1.95. The first-order valence-electron chi connectivity index (χ1n) is 7.55. The van der Waals surface area contributed by atoms with Crippen LogP contribution in [0.2, 0.25) is 25.2 Å². The van der Waals surface area contributed by atoms with E-state index in [9.17, 15) is 9.59 Å². The topological polar surface area (TPSA) is 122 Å². The van der Waals surface area contributed by atoms with Crippen molar-refractivity contribution in [3.63, 3.8) is 0 Å². The van der Waals surface area contributed by atoms with Crippen molar-refractivity contribution in [1.82, 2.24) is 9.96 Å². The van der Waals surface area contributed by atoms with Crippen LogP contribution >= 0.6 is 0 Å². The average Bonchev–Trinajstić information content (AvgIpc) is 2.35. The van der Waals surface area contributed by atoms with E-state index in [1.807, 2.05) is 13.8 Å². The molecule has 6 nitrogen and oxygen atoms in total. The van der Waals surface area contributed by atoms with E-state index in [4.69, 9.17) is 11.5 Å². The van der Waals surface area contributed by atoms with Crippen molar-refractivity contribution < 1.29 is 112 Å². The molecular formula is C12H34K2N4O2Si2. The Balaban J connectivity index is -0.000000135. The first-order valence-corrected chi connectivity index (χ1v) is 12.8. The monoisotopic (exact) mass is 400 g/mol. The third-order valence-corrected chi connectivity index (χ3v) is 7.64. The molecule has 6 N–H and O–H groups in total. The second kappa shape index (κ2) is 20.8. The normalized spacial score (nSPS) is 15.3.